The van der Waals surface area contributed by atoms with Crippen LogP contribution in [0.25, 0.3) is 21.0 Å². The molecule has 36 heavy (non-hydrogen) atoms. The van der Waals surface area contributed by atoms with Gasteiger partial charge in [-0.05, 0) is 53.4 Å². The second-order valence-electron chi connectivity index (χ2n) is 8.75. The zero-order valence-corrected chi connectivity index (χ0v) is 21.5. The maximum atomic E-state index is 13.5. The molecule has 0 fully saturated rings. The molecule has 5 rings (SSSR count). The molecule has 7 heteroatoms. The smallest absolute Gasteiger partial charge is 0.262 e. The van der Waals surface area contributed by atoms with Crippen molar-refractivity contribution in [2.75, 3.05) is 20.8 Å². The topological polar surface area (TPSA) is 65.4 Å². The van der Waals surface area contributed by atoms with Crippen molar-refractivity contribution in [2.45, 2.75) is 26.4 Å². The molecule has 0 radical (unpaired) electrons. The van der Waals surface area contributed by atoms with Gasteiger partial charge in [0.25, 0.3) is 5.56 Å². The Hall–Kier alpha value is -3.68. The average Bonchev–Trinajstić information content (AvgIpc) is 3.24. The summed E-state index contributed by atoms with van der Waals surface area (Å²) in [7, 11) is 3.34. The van der Waals surface area contributed by atoms with Crippen LogP contribution in [0.3, 0.4) is 0 Å². The van der Waals surface area contributed by atoms with Gasteiger partial charge in [-0.25, -0.2) is 4.98 Å². The number of fused-ring (bicyclic) bond motifs is 2. The fraction of sp³-hybridized carbons (Fsp3) is 0.241. The first-order valence-electron chi connectivity index (χ1n) is 11.9. The van der Waals surface area contributed by atoms with Crippen LogP contribution in [0.15, 0.2) is 71.8 Å². The van der Waals surface area contributed by atoms with Gasteiger partial charge in [0.1, 0.15) is 16.3 Å². The van der Waals surface area contributed by atoms with Crippen molar-refractivity contribution >= 4 is 32.3 Å². The normalized spacial score (nSPS) is 11.3. The molecule has 3 aromatic carbocycles. The van der Waals surface area contributed by atoms with Gasteiger partial charge in [-0.3, -0.25) is 9.36 Å². The van der Waals surface area contributed by atoms with Crippen LogP contribution in [-0.4, -0.2) is 30.3 Å². The number of hydrogen-bond donors (Lipinski definition) is 1. The van der Waals surface area contributed by atoms with E-state index in [4.69, 9.17) is 9.47 Å². The lowest BCUT2D eigenvalue weighted by molar-refractivity contribution is 0.409. The van der Waals surface area contributed by atoms with Gasteiger partial charge in [-0.2, -0.15) is 0 Å². The maximum Gasteiger partial charge on any atom is 0.262 e. The highest BCUT2D eigenvalue weighted by atomic mass is 32.1. The average molecular weight is 500 g/mol. The molecule has 0 spiro atoms. The minimum absolute atomic E-state index is 0.0145. The molecular formula is C29H29N3O3S. The lowest BCUT2D eigenvalue weighted by Gasteiger charge is -2.13. The van der Waals surface area contributed by atoms with Crippen LogP contribution in [-0.2, 0) is 19.5 Å². The number of ether oxygens (including phenoxy) is 2. The van der Waals surface area contributed by atoms with Gasteiger partial charge in [0, 0.05) is 23.5 Å². The molecular weight excluding hydrogens is 470 g/mol. The summed E-state index contributed by atoms with van der Waals surface area (Å²) in [5, 5.41) is 6.40. The lowest BCUT2D eigenvalue weighted by Crippen LogP contribution is -2.21. The maximum absolute atomic E-state index is 13.5. The van der Waals surface area contributed by atoms with Crippen LogP contribution in [0.2, 0.25) is 0 Å². The minimum atomic E-state index is -0.0145. The van der Waals surface area contributed by atoms with Crippen molar-refractivity contribution in [2.24, 2.45) is 0 Å². The summed E-state index contributed by atoms with van der Waals surface area (Å²) in [6, 6.07) is 20.2. The quantitative estimate of drug-likeness (QED) is 0.278. The Morgan fingerprint density at radius 3 is 2.72 bits per heavy atom. The van der Waals surface area contributed by atoms with Crippen LogP contribution in [0.4, 0.5) is 0 Å². The highest BCUT2D eigenvalue weighted by Gasteiger charge is 2.16. The summed E-state index contributed by atoms with van der Waals surface area (Å²) in [5.74, 6) is 1.63. The number of rotatable bonds is 9. The molecule has 0 unspecified atom stereocenters. The summed E-state index contributed by atoms with van der Waals surface area (Å²) in [5.41, 5.74) is 3.17. The fourth-order valence-electron chi connectivity index (χ4n) is 4.61. The highest BCUT2D eigenvalue weighted by molar-refractivity contribution is 7.18. The summed E-state index contributed by atoms with van der Waals surface area (Å²) >= 11 is 1.61. The van der Waals surface area contributed by atoms with E-state index in [2.05, 4.69) is 28.5 Å². The predicted molar refractivity (Wildman–Crippen MR) is 147 cm³/mol. The Balaban J connectivity index is 1.37. The number of nitrogens with zero attached hydrogens (tertiary/aromatic N) is 2. The molecule has 0 bridgehead atoms. The SMILES string of the molecule is COc1cccc(CNCCc2sc3ncn(Cc4c(OC)ccc5ccccc45)c(=O)c3c2C)c1. The Bertz CT molecular complexity index is 1590. The molecule has 2 heterocycles. The number of thiophene rings is 1. The van der Waals surface area contributed by atoms with Gasteiger partial charge in [-0.15, -0.1) is 11.3 Å². The molecule has 0 atom stereocenters. The zero-order chi connectivity index (χ0) is 25.1. The second-order valence-corrected chi connectivity index (χ2v) is 9.84. The van der Waals surface area contributed by atoms with Crippen molar-refractivity contribution in [3.63, 3.8) is 0 Å². The van der Waals surface area contributed by atoms with E-state index < -0.39 is 0 Å². The van der Waals surface area contributed by atoms with E-state index >= 15 is 0 Å². The first kappa shape index (κ1) is 24.0. The summed E-state index contributed by atoms with van der Waals surface area (Å²) in [6.45, 7) is 4.01. The van der Waals surface area contributed by atoms with E-state index in [9.17, 15) is 4.79 Å². The summed E-state index contributed by atoms with van der Waals surface area (Å²) in [6.07, 6.45) is 2.50. The molecule has 184 valence electrons. The number of aryl methyl sites for hydroxylation is 1. The molecule has 0 saturated heterocycles. The fourth-order valence-corrected chi connectivity index (χ4v) is 5.75. The number of hydrogen-bond acceptors (Lipinski definition) is 6. The van der Waals surface area contributed by atoms with Gasteiger partial charge < -0.3 is 14.8 Å². The van der Waals surface area contributed by atoms with Crippen LogP contribution in [0.5, 0.6) is 11.5 Å². The molecule has 6 nitrogen and oxygen atoms in total. The molecule has 2 aromatic heterocycles. The summed E-state index contributed by atoms with van der Waals surface area (Å²) in [4.78, 5) is 20.2. The Morgan fingerprint density at radius 1 is 1.03 bits per heavy atom. The van der Waals surface area contributed by atoms with E-state index in [1.54, 1.807) is 36.5 Å². The monoisotopic (exact) mass is 499 g/mol. The number of benzene rings is 3. The van der Waals surface area contributed by atoms with Crippen LogP contribution in [0, 0.1) is 6.92 Å². The standard InChI is InChI=1S/C29H29N3O3S/c1-19-26(13-14-30-16-20-7-6-9-22(15-20)34-2)36-28-27(19)29(33)32(18-31-28)17-24-23-10-5-4-8-21(23)11-12-25(24)35-3/h4-12,15,18,30H,13-14,16-17H2,1-3H3. The van der Waals surface area contributed by atoms with E-state index in [0.29, 0.717) is 11.9 Å². The predicted octanol–water partition coefficient (Wildman–Crippen LogP) is 5.32. The van der Waals surface area contributed by atoms with E-state index in [1.165, 1.54) is 10.4 Å². The van der Waals surface area contributed by atoms with E-state index in [1.807, 2.05) is 49.4 Å². The van der Waals surface area contributed by atoms with Gasteiger partial charge in [-0.1, -0.05) is 42.5 Å². The molecule has 0 aliphatic heterocycles. The third kappa shape index (κ3) is 4.72. The molecule has 0 aliphatic carbocycles. The molecule has 0 amide bonds. The summed E-state index contributed by atoms with van der Waals surface area (Å²) < 4.78 is 12.6. The van der Waals surface area contributed by atoms with Crippen LogP contribution in [0.1, 0.15) is 21.6 Å². The Kier molecular flexibility index (Phi) is 7.02. The molecule has 1 N–H and O–H groups in total. The second kappa shape index (κ2) is 10.5. The molecule has 0 saturated carbocycles. The van der Waals surface area contributed by atoms with E-state index in [0.717, 1.165) is 57.7 Å². The number of aromatic nitrogens is 2. The Morgan fingerprint density at radius 2 is 1.89 bits per heavy atom. The largest absolute Gasteiger partial charge is 0.497 e. The molecule has 5 aromatic rings. The van der Waals surface area contributed by atoms with Crippen molar-refractivity contribution in [1.82, 2.24) is 14.9 Å². The van der Waals surface area contributed by atoms with Crippen molar-refractivity contribution in [3.05, 3.63) is 98.9 Å². The first-order chi connectivity index (χ1) is 17.6. The van der Waals surface area contributed by atoms with Gasteiger partial charge >= 0.3 is 0 Å². The van der Waals surface area contributed by atoms with Crippen molar-refractivity contribution < 1.29 is 9.47 Å². The van der Waals surface area contributed by atoms with Crippen molar-refractivity contribution in [3.8, 4) is 11.5 Å². The van der Waals surface area contributed by atoms with Crippen molar-refractivity contribution in [1.29, 1.82) is 0 Å². The minimum Gasteiger partial charge on any atom is -0.497 e. The Labute approximate surface area is 214 Å². The third-order valence-corrected chi connectivity index (χ3v) is 7.81. The van der Waals surface area contributed by atoms with Crippen LogP contribution < -0.4 is 20.3 Å². The number of nitrogens with one attached hydrogen (secondary N) is 1. The van der Waals surface area contributed by atoms with Gasteiger partial charge in [0.15, 0.2) is 0 Å². The third-order valence-electron chi connectivity index (χ3n) is 6.55. The van der Waals surface area contributed by atoms with E-state index in [-0.39, 0.29) is 5.56 Å². The van der Waals surface area contributed by atoms with Gasteiger partial charge in [0.2, 0.25) is 0 Å². The number of methoxy groups -OCH3 is 2. The van der Waals surface area contributed by atoms with Crippen LogP contribution >= 0.6 is 11.3 Å². The van der Waals surface area contributed by atoms with Gasteiger partial charge in [0.05, 0.1) is 32.5 Å². The highest BCUT2D eigenvalue weighted by Crippen LogP contribution is 2.30. The molecule has 0 aliphatic rings. The zero-order valence-electron chi connectivity index (χ0n) is 20.7. The first-order valence-corrected chi connectivity index (χ1v) is 12.8. The lowest BCUT2D eigenvalue weighted by atomic mass is 10.0.